The third-order valence-electron chi connectivity index (χ3n) is 7.38. The lowest BCUT2D eigenvalue weighted by Crippen LogP contribution is -2.22. The number of hydrogen-bond acceptors (Lipinski definition) is 7. The van der Waals surface area contributed by atoms with Crippen LogP contribution in [0.1, 0.15) is 33.2 Å². The van der Waals surface area contributed by atoms with Crippen LogP contribution >= 0.6 is 0 Å². The van der Waals surface area contributed by atoms with Gasteiger partial charge < -0.3 is 20.1 Å². The van der Waals surface area contributed by atoms with E-state index in [1.54, 1.807) is 0 Å². The van der Waals surface area contributed by atoms with E-state index >= 15 is 0 Å². The first-order chi connectivity index (χ1) is 19.5. The zero-order valence-corrected chi connectivity index (χ0v) is 22.6. The Bertz CT molecular complexity index is 1790. The van der Waals surface area contributed by atoms with Crippen molar-refractivity contribution in [3.8, 4) is 16.8 Å². The maximum atomic E-state index is 14.0. The van der Waals surface area contributed by atoms with E-state index in [0.717, 1.165) is 39.7 Å². The van der Waals surface area contributed by atoms with Crippen molar-refractivity contribution in [2.45, 2.75) is 18.6 Å². The highest BCUT2D eigenvalue weighted by Gasteiger charge is 2.39. The molecule has 0 amide bonds. The van der Waals surface area contributed by atoms with Crippen molar-refractivity contribution in [1.29, 1.82) is 0 Å². The monoisotopic (exact) mass is 560 g/mol. The molecule has 3 aromatic carbocycles. The first-order valence-corrected chi connectivity index (χ1v) is 13.0. The molecule has 11 heteroatoms. The number of nitrogens with two attached hydrogens (primary N) is 1. The van der Waals surface area contributed by atoms with Gasteiger partial charge in [-0.1, -0.05) is 41.6 Å². The fourth-order valence-corrected chi connectivity index (χ4v) is 5.46. The number of benzene rings is 3. The van der Waals surface area contributed by atoms with Gasteiger partial charge in [0.05, 0.1) is 17.0 Å². The average molecular weight is 561 g/mol. The molecule has 3 heterocycles. The molecule has 1 aliphatic rings. The number of nitrogens with zero attached hydrogens (tertiary/aromatic N) is 5. The quantitative estimate of drug-likeness (QED) is 0.264. The van der Waals surface area contributed by atoms with Crippen LogP contribution in [0.25, 0.3) is 27.8 Å². The number of aromatic nitrogens is 3. The van der Waals surface area contributed by atoms with Crippen molar-refractivity contribution < 1.29 is 22.5 Å². The number of alkyl halides is 3. The fraction of sp³-hybridized carbons (Fsp3) is 0.233. The molecule has 1 aliphatic heterocycles. The Morgan fingerprint density at radius 3 is 2.63 bits per heavy atom. The van der Waals surface area contributed by atoms with E-state index in [4.69, 9.17) is 10.3 Å². The summed E-state index contributed by atoms with van der Waals surface area (Å²) >= 11 is 0. The summed E-state index contributed by atoms with van der Waals surface area (Å²) in [5, 5.41) is 7.90. The second-order valence-electron chi connectivity index (χ2n) is 10.5. The molecule has 0 spiro atoms. The van der Waals surface area contributed by atoms with Crippen LogP contribution in [0.5, 0.6) is 0 Å². The highest BCUT2D eigenvalue weighted by molar-refractivity contribution is 6.03. The van der Waals surface area contributed by atoms with E-state index in [1.807, 2.05) is 56.4 Å². The fourth-order valence-electron chi connectivity index (χ4n) is 5.46. The molecule has 8 nitrogen and oxygen atoms in total. The summed E-state index contributed by atoms with van der Waals surface area (Å²) in [5.74, 6) is -1.05. The van der Waals surface area contributed by atoms with E-state index in [0.29, 0.717) is 17.5 Å². The molecular formula is C30H27F3N6O2. The van der Waals surface area contributed by atoms with E-state index in [-0.39, 0.29) is 17.2 Å². The summed E-state index contributed by atoms with van der Waals surface area (Å²) in [6.45, 7) is 1.09. The van der Waals surface area contributed by atoms with Crippen LogP contribution in [0.2, 0.25) is 0 Å². The van der Waals surface area contributed by atoms with Crippen LogP contribution < -0.4 is 10.6 Å². The Labute approximate surface area is 233 Å². The maximum absolute atomic E-state index is 14.0. The van der Waals surface area contributed by atoms with Crippen LogP contribution in [0.3, 0.4) is 0 Å². The number of carbonyl (C=O) groups excluding carboxylic acids is 1. The topological polar surface area (TPSA) is 93.4 Å². The van der Waals surface area contributed by atoms with E-state index in [9.17, 15) is 18.0 Å². The normalized spacial score (nSPS) is 15.2. The molecular weight excluding hydrogens is 533 g/mol. The van der Waals surface area contributed by atoms with Crippen molar-refractivity contribution >= 4 is 28.3 Å². The number of rotatable bonds is 6. The van der Waals surface area contributed by atoms with Gasteiger partial charge in [-0.15, -0.1) is 0 Å². The average Bonchev–Trinajstić information content (AvgIpc) is 3.64. The molecule has 2 N–H and O–H groups in total. The van der Waals surface area contributed by atoms with Gasteiger partial charge in [-0.2, -0.15) is 18.3 Å². The predicted octanol–water partition coefficient (Wildman–Crippen LogP) is 5.76. The van der Waals surface area contributed by atoms with E-state index in [1.165, 1.54) is 23.8 Å². The van der Waals surface area contributed by atoms with Crippen molar-refractivity contribution in [2.75, 3.05) is 38.3 Å². The van der Waals surface area contributed by atoms with Gasteiger partial charge in [-0.3, -0.25) is 4.79 Å². The standard InChI is InChI=1S/C30H27F3N6O2/c1-37(2)15-18-6-4-5-7-20(18)17-8-10-21-23(16-38(3)24(21)12-17)28(40)25-14-27(30(31,32)33)35-39(25)19-9-11-26-22(13-19)29(34)36-41-26/h4-14,23H,15-16H2,1-3H3,(H2,34,36). The number of halogens is 3. The molecule has 210 valence electrons. The van der Waals surface area contributed by atoms with E-state index < -0.39 is 23.6 Å². The summed E-state index contributed by atoms with van der Waals surface area (Å²) in [6.07, 6.45) is -4.74. The molecule has 0 aliphatic carbocycles. The van der Waals surface area contributed by atoms with Gasteiger partial charge in [-0.05, 0) is 60.6 Å². The number of carbonyl (C=O) groups is 1. The second kappa shape index (κ2) is 9.77. The largest absolute Gasteiger partial charge is 0.435 e. The zero-order chi connectivity index (χ0) is 29.1. The van der Waals surface area contributed by atoms with Gasteiger partial charge in [0, 0.05) is 31.9 Å². The number of nitrogen functional groups attached to an aromatic ring is 1. The Morgan fingerprint density at radius 2 is 1.88 bits per heavy atom. The third-order valence-corrected chi connectivity index (χ3v) is 7.38. The first kappa shape index (κ1) is 26.6. The Kier molecular flexibility index (Phi) is 6.33. The minimum Gasteiger partial charge on any atom is -0.380 e. The zero-order valence-electron chi connectivity index (χ0n) is 22.6. The molecule has 1 unspecified atom stereocenters. The summed E-state index contributed by atoms with van der Waals surface area (Å²) in [5.41, 5.74) is 10.0. The SMILES string of the molecule is CN(C)Cc1ccccc1-c1ccc2c(c1)N(C)CC2C(=O)c1cc(C(F)(F)F)nn1-c1ccc2onc(N)c2c1. The van der Waals surface area contributed by atoms with Gasteiger partial charge in [0.2, 0.25) is 0 Å². The molecule has 5 aromatic rings. The maximum Gasteiger partial charge on any atom is 0.435 e. The third kappa shape index (κ3) is 4.71. The lowest BCUT2D eigenvalue weighted by atomic mass is 9.92. The number of hydrogen-bond donors (Lipinski definition) is 1. The van der Waals surface area contributed by atoms with Gasteiger partial charge >= 0.3 is 6.18 Å². The number of anilines is 2. The minimum absolute atomic E-state index is 0.0900. The van der Waals surface area contributed by atoms with Crippen molar-refractivity contribution in [2.24, 2.45) is 0 Å². The molecule has 0 fully saturated rings. The molecule has 6 rings (SSSR count). The van der Waals surface area contributed by atoms with Gasteiger partial charge in [0.15, 0.2) is 22.9 Å². The summed E-state index contributed by atoms with van der Waals surface area (Å²) in [4.78, 5) is 18.0. The Hall–Kier alpha value is -4.64. The van der Waals surface area contributed by atoms with Crippen LogP contribution in [0.4, 0.5) is 24.7 Å². The lowest BCUT2D eigenvalue weighted by molar-refractivity contribution is -0.141. The van der Waals surface area contributed by atoms with Crippen molar-refractivity contribution in [3.63, 3.8) is 0 Å². The van der Waals surface area contributed by atoms with E-state index in [2.05, 4.69) is 27.3 Å². The van der Waals surface area contributed by atoms with Crippen LogP contribution in [-0.4, -0.2) is 53.3 Å². The molecule has 1 atom stereocenters. The molecule has 0 saturated carbocycles. The van der Waals surface area contributed by atoms with Crippen molar-refractivity contribution in [3.05, 3.63) is 89.2 Å². The van der Waals surface area contributed by atoms with Gasteiger partial charge in [0.25, 0.3) is 0 Å². The van der Waals surface area contributed by atoms with Gasteiger partial charge in [-0.25, -0.2) is 4.68 Å². The minimum atomic E-state index is -4.74. The van der Waals surface area contributed by atoms with Crippen LogP contribution in [-0.2, 0) is 12.7 Å². The number of ketones is 1. The summed E-state index contributed by atoms with van der Waals surface area (Å²) < 4.78 is 47.5. The second-order valence-corrected chi connectivity index (χ2v) is 10.5. The number of fused-ring (bicyclic) bond motifs is 2. The molecule has 0 saturated heterocycles. The van der Waals surface area contributed by atoms with Gasteiger partial charge in [0.1, 0.15) is 5.69 Å². The van der Waals surface area contributed by atoms with Crippen molar-refractivity contribution in [1.82, 2.24) is 19.8 Å². The number of Topliss-reactive ketones (excluding diaryl/α,β-unsaturated/α-hetero) is 1. The predicted molar refractivity (Wildman–Crippen MR) is 150 cm³/mol. The lowest BCUT2D eigenvalue weighted by Gasteiger charge is -2.16. The molecule has 2 aromatic heterocycles. The summed E-state index contributed by atoms with van der Waals surface area (Å²) in [6, 6.07) is 19.4. The Morgan fingerprint density at radius 1 is 1.10 bits per heavy atom. The molecule has 0 bridgehead atoms. The smallest absolute Gasteiger partial charge is 0.380 e. The highest BCUT2D eigenvalue weighted by Crippen LogP contribution is 2.41. The Balaban J connectivity index is 1.41. The first-order valence-electron chi connectivity index (χ1n) is 13.0. The van der Waals surface area contributed by atoms with Crippen LogP contribution in [0, 0.1) is 0 Å². The highest BCUT2D eigenvalue weighted by atomic mass is 19.4. The number of likely N-dealkylation sites (N-methyl/N-ethyl adjacent to an activating group) is 1. The molecule has 41 heavy (non-hydrogen) atoms. The summed E-state index contributed by atoms with van der Waals surface area (Å²) in [7, 11) is 5.90. The molecule has 0 radical (unpaired) electrons. The van der Waals surface area contributed by atoms with Crippen LogP contribution in [0.15, 0.2) is 71.3 Å².